The van der Waals surface area contributed by atoms with Crippen molar-refractivity contribution in [1.82, 2.24) is 10.2 Å². The molecular formula is C15H16ClN3O. The summed E-state index contributed by atoms with van der Waals surface area (Å²) in [6.07, 6.45) is 0.504. The molecule has 0 spiro atoms. The van der Waals surface area contributed by atoms with Gasteiger partial charge in [-0.1, -0.05) is 30.3 Å². The van der Waals surface area contributed by atoms with Crippen LogP contribution < -0.4 is 4.90 Å². The van der Waals surface area contributed by atoms with Gasteiger partial charge >= 0.3 is 0 Å². The zero-order valence-corrected chi connectivity index (χ0v) is 12.0. The second kappa shape index (κ2) is 5.29. The van der Waals surface area contributed by atoms with E-state index in [0.717, 1.165) is 16.8 Å². The van der Waals surface area contributed by atoms with Crippen LogP contribution in [0.5, 0.6) is 0 Å². The normalized spacial score (nSPS) is 18.8. The third-order valence-corrected chi connectivity index (χ3v) is 4.11. The maximum atomic E-state index is 12.2. The number of nitrogens with one attached hydrogen (secondary N) is 1. The van der Waals surface area contributed by atoms with Crippen LogP contribution in [0.1, 0.15) is 12.1 Å². The molecule has 1 unspecified atom stereocenters. The molecule has 0 aliphatic carbocycles. The summed E-state index contributed by atoms with van der Waals surface area (Å²) in [6.45, 7) is 2.62. The molecule has 4 nitrogen and oxygen atoms in total. The van der Waals surface area contributed by atoms with Crippen LogP contribution in [0.25, 0.3) is 11.1 Å². The summed E-state index contributed by atoms with van der Waals surface area (Å²) in [7, 11) is 0. The summed E-state index contributed by atoms with van der Waals surface area (Å²) in [5.41, 5.74) is 3.03. The Morgan fingerprint density at radius 3 is 2.80 bits per heavy atom. The first kappa shape index (κ1) is 13.2. The number of aromatic nitrogens is 2. The molecule has 5 heteroatoms. The quantitative estimate of drug-likeness (QED) is 0.883. The molecule has 1 N–H and O–H groups in total. The number of alkyl halides is 1. The van der Waals surface area contributed by atoms with Crippen LogP contribution in [0.15, 0.2) is 30.3 Å². The molecule has 1 aromatic heterocycles. The van der Waals surface area contributed by atoms with Crippen LogP contribution >= 0.6 is 11.6 Å². The number of halogens is 1. The topological polar surface area (TPSA) is 49.0 Å². The van der Waals surface area contributed by atoms with Crippen molar-refractivity contribution in [3.05, 3.63) is 36.0 Å². The van der Waals surface area contributed by atoms with Crippen molar-refractivity contribution in [2.24, 2.45) is 5.92 Å². The Kier molecular flexibility index (Phi) is 3.49. The van der Waals surface area contributed by atoms with Crippen LogP contribution in [-0.4, -0.2) is 28.5 Å². The highest BCUT2D eigenvalue weighted by Crippen LogP contribution is 2.35. The number of amides is 1. The summed E-state index contributed by atoms with van der Waals surface area (Å²) in [4.78, 5) is 13.9. The molecule has 0 saturated carbocycles. The first-order valence-corrected chi connectivity index (χ1v) is 7.21. The predicted molar refractivity (Wildman–Crippen MR) is 79.9 cm³/mol. The lowest BCUT2D eigenvalue weighted by Crippen LogP contribution is -2.25. The average Bonchev–Trinajstić information content (AvgIpc) is 3.02. The number of aryl methyl sites for hydroxylation is 1. The predicted octanol–water partition coefficient (Wildman–Crippen LogP) is 2.98. The van der Waals surface area contributed by atoms with E-state index < -0.39 is 0 Å². The van der Waals surface area contributed by atoms with Gasteiger partial charge in [-0.25, -0.2) is 0 Å². The molecule has 1 atom stereocenters. The number of anilines is 1. The number of nitrogens with zero attached hydrogens (tertiary/aromatic N) is 2. The van der Waals surface area contributed by atoms with Crippen molar-refractivity contribution < 1.29 is 4.79 Å². The van der Waals surface area contributed by atoms with Crippen molar-refractivity contribution in [3.63, 3.8) is 0 Å². The number of rotatable bonds is 3. The molecule has 3 rings (SSSR count). The zero-order chi connectivity index (χ0) is 14.1. The Hall–Kier alpha value is -1.81. The molecule has 1 amide bonds. The van der Waals surface area contributed by atoms with Crippen molar-refractivity contribution in [2.45, 2.75) is 13.3 Å². The van der Waals surface area contributed by atoms with Crippen LogP contribution in [0.3, 0.4) is 0 Å². The van der Waals surface area contributed by atoms with Crippen molar-refractivity contribution in [1.29, 1.82) is 0 Å². The first-order valence-electron chi connectivity index (χ1n) is 6.67. The Labute approximate surface area is 122 Å². The van der Waals surface area contributed by atoms with Gasteiger partial charge in [0.2, 0.25) is 5.91 Å². The van der Waals surface area contributed by atoms with Crippen LogP contribution in [0, 0.1) is 12.8 Å². The molecule has 2 aromatic rings. The molecule has 1 aromatic carbocycles. The summed E-state index contributed by atoms with van der Waals surface area (Å²) in [6, 6.07) is 10.0. The standard InChI is InChI=1S/C15H16ClN3O/c1-10-14(12-5-3-2-4-6-12)15(18-17-10)19-9-11(8-16)7-13(19)20/h2-6,11H,7-9H2,1H3,(H,17,18). The summed E-state index contributed by atoms with van der Waals surface area (Å²) in [5.74, 6) is 1.53. The van der Waals surface area contributed by atoms with Gasteiger partial charge in [0.25, 0.3) is 0 Å². The van der Waals surface area contributed by atoms with E-state index in [1.54, 1.807) is 4.90 Å². The monoisotopic (exact) mass is 289 g/mol. The molecule has 1 saturated heterocycles. The van der Waals surface area contributed by atoms with E-state index in [-0.39, 0.29) is 11.8 Å². The van der Waals surface area contributed by atoms with Gasteiger partial charge in [0.05, 0.1) is 0 Å². The average molecular weight is 290 g/mol. The smallest absolute Gasteiger partial charge is 0.228 e. The van der Waals surface area contributed by atoms with Gasteiger partial charge < -0.3 is 0 Å². The van der Waals surface area contributed by atoms with E-state index >= 15 is 0 Å². The lowest BCUT2D eigenvalue weighted by Gasteiger charge is -2.15. The molecule has 2 heterocycles. The second-order valence-electron chi connectivity index (χ2n) is 5.14. The van der Waals surface area contributed by atoms with Gasteiger partial charge in [-0.05, 0) is 18.4 Å². The van der Waals surface area contributed by atoms with E-state index in [1.807, 2.05) is 37.3 Å². The SMILES string of the molecule is Cc1[nH]nc(N2CC(CCl)CC2=O)c1-c1ccccc1. The fraction of sp³-hybridized carbons (Fsp3) is 0.333. The van der Waals surface area contributed by atoms with E-state index in [9.17, 15) is 4.79 Å². The highest BCUT2D eigenvalue weighted by Gasteiger charge is 2.33. The molecule has 1 aliphatic heterocycles. The van der Waals surface area contributed by atoms with Crippen LogP contribution in [0.2, 0.25) is 0 Å². The Morgan fingerprint density at radius 1 is 1.40 bits per heavy atom. The second-order valence-corrected chi connectivity index (χ2v) is 5.45. The fourth-order valence-electron chi connectivity index (χ4n) is 2.65. The number of aromatic amines is 1. The summed E-state index contributed by atoms with van der Waals surface area (Å²) >= 11 is 5.88. The number of carbonyl (C=O) groups is 1. The van der Waals surface area contributed by atoms with E-state index in [4.69, 9.17) is 11.6 Å². The molecule has 0 radical (unpaired) electrons. The minimum atomic E-state index is 0.0966. The highest BCUT2D eigenvalue weighted by atomic mass is 35.5. The number of benzene rings is 1. The van der Waals surface area contributed by atoms with Crippen LogP contribution in [-0.2, 0) is 4.79 Å². The number of hydrogen-bond donors (Lipinski definition) is 1. The highest BCUT2D eigenvalue weighted by molar-refractivity contribution is 6.18. The lowest BCUT2D eigenvalue weighted by molar-refractivity contribution is -0.117. The summed E-state index contributed by atoms with van der Waals surface area (Å²) in [5, 5.41) is 7.32. The molecule has 20 heavy (non-hydrogen) atoms. The van der Waals surface area contributed by atoms with Gasteiger partial charge in [-0.3, -0.25) is 14.8 Å². The minimum Gasteiger partial charge on any atom is -0.294 e. The van der Waals surface area contributed by atoms with Gasteiger partial charge in [-0.2, -0.15) is 5.10 Å². The van der Waals surface area contributed by atoms with Crippen molar-refractivity contribution in [2.75, 3.05) is 17.3 Å². The zero-order valence-electron chi connectivity index (χ0n) is 11.3. The van der Waals surface area contributed by atoms with Gasteiger partial charge in [0.1, 0.15) is 0 Å². The molecule has 0 bridgehead atoms. The number of carbonyl (C=O) groups excluding carboxylic acids is 1. The maximum absolute atomic E-state index is 12.2. The molecule has 1 aliphatic rings. The Balaban J connectivity index is 2.02. The van der Waals surface area contributed by atoms with Gasteiger partial charge in [0, 0.05) is 30.1 Å². The van der Waals surface area contributed by atoms with Gasteiger partial charge in [-0.15, -0.1) is 11.6 Å². The van der Waals surface area contributed by atoms with Gasteiger partial charge in [0.15, 0.2) is 5.82 Å². The molecule has 1 fully saturated rings. The minimum absolute atomic E-state index is 0.0966. The van der Waals surface area contributed by atoms with E-state index in [1.165, 1.54) is 0 Å². The molecule has 104 valence electrons. The Bertz CT molecular complexity index is 623. The Morgan fingerprint density at radius 2 is 2.15 bits per heavy atom. The van der Waals surface area contributed by atoms with Crippen molar-refractivity contribution >= 4 is 23.3 Å². The number of hydrogen-bond acceptors (Lipinski definition) is 2. The fourth-order valence-corrected chi connectivity index (χ4v) is 2.86. The largest absolute Gasteiger partial charge is 0.294 e. The third-order valence-electron chi connectivity index (χ3n) is 3.67. The van der Waals surface area contributed by atoms with E-state index in [2.05, 4.69) is 10.2 Å². The number of H-pyrrole nitrogens is 1. The van der Waals surface area contributed by atoms with Crippen molar-refractivity contribution in [3.8, 4) is 11.1 Å². The summed E-state index contributed by atoms with van der Waals surface area (Å²) < 4.78 is 0. The maximum Gasteiger partial charge on any atom is 0.228 e. The molecular weight excluding hydrogens is 274 g/mol. The van der Waals surface area contributed by atoms with E-state index in [0.29, 0.717) is 24.7 Å². The van der Waals surface area contributed by atoms with Crippen LogP contribution in [0.4, 0.5) is 5.82 Å². The lowest BCUT2D eigenvalue weighted by atomic mass is 10.1. The first-order chi connectivity index (χ1) is 9.70. The third kappa shape index (κ3) is 2.20.